The molecule has 1 aliphatic rings. The van der Waals surface area contributed by atoms with E-state index in [1.807, 2.05) is 6.08 Å². The van der Waals surface area contributed by atoms with Crippen molar-refractivity contribution >= 4 is 18.0 Å². The highest BCUT2D eigenvalue weighted by Crippen LogP contribution is 2.11. The van der Waals surface area contributed by atoms with Gasteiger partial charge in [-0.3, -0.25) is 4.79 Å². The first-order valence-corrected chi connectivity index (χ1v) is 6.11. The summed E-state index contributed by atoms with van der Waals surface area (Å²) in [5.74, 6) is -2.65. The summed E-state index contributed by atoms with van der Waals surface area (Å²) in [6, 6.07) is -2.00. The van der Waals surface area contributed by atoms with E-state index >= 15 is 0 Å². The van der Waals surface area contributed by atoms with Crippen molar-refractivity contribution in [1.82, 2.24) is 10.2 Å². The number of carboxylic acids is 2. The molecule has 0 aromatic rings. The zero-order valence-electron chi connectivity index (χ0n) is 11.2. The molecule has 0 bridgehead atoms. The van der Waals surface area contributed by atoms with Gasteiger partial charge in [0, 0.05) is 20.2 Å². The zero-order chi connectivity index (χ0) is 15.1. The van der Waals surface area contributed by atoms with E-state index in [4.69, 9.17) is 14.9 Å². The predicted octanol–water partition coefficient (Wildman–Crippen LogP) is -0.0976. The van der Waals surface area contributed by atoms with Crippen molar-refractivity contribution in [2.24, 2.45) is 0 Å². The topological polar surface area (TPSA) is 116 Å². The third-order valence-corrected chi connectivity index (χ3v) is 2.89. The predicted molar refractivity (Wildman–Crippen MR) is 68.4 cm³/mol. The third-order valence-electron chi connectivity index (χ3n) is 2.89. The minimum Gasteiger partial charge on any atom is -0.481 e. The Labute approximate surface area is 116 Å². The van der Waals surface area contributed by atoms with Gasteiger partial charge in [0.05, 0.1) is 13.0 Å². The average Bonchev–Trinajstić information content (AvgIpc) is 2.38. The molecule has 1 heterocycles. The quantitative estimate of drug-likeness (QED) is 0.587. The van der Waals surface area contributed by atoms with Crippen LogP contribution < -0.4 is 5.32 Å². The highest BCUT2D eigenvalue weighted by Gasteiger charge is 2.26. The number of urea groups is 1. The summed E-state index contributed by atoms with van der Waals surface area (Å²) in [5.41, 5.74) is 1.08. The van der Waals surface area contributed by atoms with Crippen LogP contribution in [0.2, 0.25) is 0 Å². The van der Waals surface area contributed by atoms with Crippen LogP contribution in [0.3, 0.4) is 0 Å². The highest BCUT2D eigenvalue weighted by atomic mass is 16.5. The number of amides is 2. The van der Waals surface area contributed by atoms with Crippen LogP contribution in [0.5, 0.6) is 0 Å². The molecule has 0 aliphatic carbocycles. The summed E-state index contributed by atoms with van der Waals surface area (Å²) in [6.07, 6.45) is 1.84. The van der Waals surface area contributed by atoms with Crippen molar-refractivity contribution in [3.63, 3.8) is 0 Å². The van der Waals surface area contributed by atoms with Gasteiger partial charge in [-0.1, -0.05) is 6.08 Å². The van der Waals surface area contributed by atoms with Gasteiger partial charge in [-0.05, 0) is 12.0 Å². The fourth-order valence-electron chi connectivity index (χ4n) is 1.83. The van der Waals surface area contributed by atoms with E-state index < -0.39 is 30.4 Å². The lowest BCUT2D eigenvalue weighted by Crippen LogP contribution is -2.49. The summed E-state index contributed by atoms with van der Waals surface area (Å²) in [7, 11) is 1.59. The molecule has 0 spiro atoms. The second-order valence-corrected chi connectivity index (χ2v) is 4.43. The second kappa shape index (κ2) is 7.49. The molecule has 0 aromatic carbocycles. The second-order valence-electron chi connectivity index (χ2n) is 4.43. The Kier molecular flexibility index (Phi) is 5.98. The number of hydrogen-bond donors (Lipinski definition) is 3. The number of carbonyl (C=O) groups excluding carboxylic acids is 1. The summed E-state index contributed by atoms with van der Waals surface area (Å²) < 4.78 is 4.99. The largest absolute Gasteiger partial charge is 0.481 e. The summed E-state index contributed by atoms with van der Waals surface area (Å²) in [6.45, 7) is 1.30. The first kappa shape index (κ1) is 16.0. The number of carboxylic acid groups (broad SMARTS) is 2. The van der Waals surface area contributed by atoms with Crippen LogP contribution in [-0.4, -0.2) is 65.9 Å². The van der Waals surface area contributed by atoms with Gasteiger partial charge in [0.2, 0.25) is 0 Å². The SMILES string of the molecule is COCC1=CCN(C(=O)NC(CC(=O)O)C(=O)O)CC1. The Bertz CT molecular complexity index is 420. The number of nitrogens with one attached hydrogen (secondary N) is 1. The Morgan fingerprint density at radius 2 is 2.15 bits per heavy atom. The maximum absolute atomic E-state index is 11.9. The molecule has 20 heavy (non-hydrogen) atoms. The molecule has 0 saturated heterocycles. The molecule has 1 atom stereocenters. The third kappa shape index (κ3) is 4.88. The number of rotatable bonds is 6. The van der Waals surface area contributed by atoms with E-state index in [2.05, 4.69) is 5.32 Å². The molecule has 112 valence electrons. The van der Waals surface area contributed by atoms with Crippen molar-refractivity contribution < 1.29 is 29.3 Å². The first-order valence-electron chi connectivity index (χ1n) is 6.11. The van der Waals surface area contributed by atoms with Crippen LogP contribution in [0.4, 0.5) is 4.79 Å². The number of methoxy groups -OCH3 is 1. The summed E-state index contributed by atoms with van der Waals surface area (Å²) in [5, 5.41) is 19.7. The van der Waals surface area contributed by atoms with Crippen LogP contribution in [0.25, 0.3) is 0 Å². The lowest BCUT2D eigenvalue weighted by molar-refractivity contribution is -0.145. The van der Waals surface area contributed by atoms with Crippen LogP contribution in [-0.2, 0) is 14.3 Å². The van der Waals surface area contributed by atoms with E-state index in [9.17, 15) is 14.4 Å². The molecule has 0 saturated carbocycles. The molecule has 3 N–H and O–H groups in total. The van der Waals surface area contributed by atoms with Gasteiger partial charge in [-0.15, -0.1) is 0 Å². The minimum absolute atomic E-state index is 0.351. The van der Waals surface area contributed by atoms with E-state index in [1.165, 1.54) is 4.90 Å². The maximum Gasteiger partial charge on any atom is 0.326 e. The van der Waals surface area contributed by atoms with E-state index in [0.29, 0.717) is 26.1 Å². The molecule has 1 aliphatic heterocycles. The van der Waals surface area contributed by atoms with Crippen LogP contribution >= 0.6 is 0 Å². The molecule has 1 unspecified atom stereocenters. The Morgan fingerprint density at radius 3 is 2.60 bits per heavy atom. The summed E-state index contributed by atoms with van der Waals surface area (Å²) >= 11 is 0. The first-order chi connectivity index (χ1) is 9.43. The van der Waals surface area contributed by atoms with E-state index in [0.717, 1.165) is 5.57 Å². The molecular formula is C12H18N2O6. The van der Waals surface area contributed by atoms with Gasteiger partial charge >= 0.3 is 18.0 Å². The van der Waals surface area contributed by atoms with Gasteiger partial charge in [0.1, 0.15) is 6.04 Å². The standard InChI is InChI=1S/C12H18N2O6/c1-20-7-8-2-4-14(5-3-8)12(19)13-9(11(17)18)6-10(15)16/h2,9H,3-7H2,1H3,(H,13,19)(H,15,16)(H,17,18). The maximum atomic E-state index is 11.9. The van der Waals surface area contributed by atoms with Crippen molar-refractivity contribution in [2.45, 2.75) is 18.9 Å². The number of ether oxygens (including phenoxy) is 1. The van der Waals surface area contributed by atoms with Crippen molar-refractivity contribution in [1.29, 1.82) is 0 Å². The van der Waals surface area contributed by atoms with Crippen LogP contribution in [0.15, 0.2) is 11.6 Å². The monoisotopic (exact) mass is 286 g/mol. The highest BCUT2D eigenvalue weighted by molar-refractivity contribution is 5.86. The normalized spacial score (nSPS) is 16.2. The van der Waals surface area contributed by atoms with Gasteiger partial charge < -0.3 is 25.2 Å². The van der Waals surface area contributed by atoms with E-state index in [-0.39, 0.29) is 0 Å². The summed E-state index contributed by atoms with van der Waals surface area (Å²) in [4.78, 5) is 34.7. The zero-order valence-corrected chi connectivity index (χ0v) is 11.2. The van der Waals surface area contributed by atoms with E-state index in [1.54, 1.807) is 7.11 Å². The fraction of sp³-hybridized carbons (Fsp3) is 0.583. The Hall–Kier alpha value is -2.09. The Morgan fingerprint density at radius 1 is 1.45 bits per heavy atom. The lowest BCUT2D eigenvalue weighted by atomic mass is 10.1. The van der Waals surface area contributed by atoms with Crippen molar-refractivity contribution in [3.8, 4) is 0 Å². The van der Waals surface area contributed by atoms with Gasteiger partial charge in [0.15, 0.2) is 0 Å². The van der Waals surface area contributed by atoms with Gasteiger partial charge in [-0.25, -0.2) is 9.59 Å². The molecule has 0 fully saturated rings. The molecule has 0 radical (unpaired) electrons. The number of nitrogens with zero attached hydrogens (tertiary/aromatic N) is 1. The number of hydrogen-bond acceptors (Lipinski definition) is 4. The van der Waals surface area contributed by atoms with Crippen molar-refractivity contribution in [3.05, 3.63) is 11.6 Å². The molecule has 1 rings (SSSR count). The fourth-order valence-corrected chi connectivity index (χ4v) is 1.83. The van der Waals surface area contributed by atoms with Crippen LogP contribution in [0, 0.1) is 0 Å². The number of carbonyl (C=O) groups is 3. The molecule has 8 heteroatoms. The van der Waals surface area contributed by atoms with Crippen molar-refractivity contribution in [2.75, 3.05) is 26.8 Å². The molecular weight excluding hydrogens is 268 g/mol. The van der Waals surface area contributed by atoms with Gasteiger partial charge in [-0.2, -0.15) is 0 Å². The smallest absolute Gasteiger partial charge is 0.326 e. The average molecular weight is 286 g/mol. The molecule has 8 nitrogen and oxygen atoms in total. The van der Waals surface area contributed by atoms with Gasteiger partial charge in [0.25, 0.3) is 0 Å². The Balaban J connectivity index is 2.54. The van der Waals surface area contributed by atoms with Crippen LogP contribution in [0.1, 0.15) is 12.8 Å². The number of aliphatic carboxylic acids is 2. The molecule has 0 aromatic heterocycles. The molecule has 2 amide bonds. The minimum atomic E-state index is -1.43. The lowest BCUT2D eigenvalue weighted by Gasteiger charge is -2.27.